The van der Waals surface area contributed by atoms with Gasteiger partial charge in [0.2, 0.25) is 0 Å². The van der Waals surface area contributed by atoms with Crippen LogP contribution in [0.15, 0.2) is 48.3 Å². The fraction of sp³-hybridized carbons (Fsp3) is 0.188. The van der Waals surface area contributed by atoms with E-state index in [-0.39, 0.29) is 24.5 Å². The highest BCUT2D eigenvalue weighted by Gasteiger charge is 2.34. The molecule has 0 unspecified atom stereocenters. The van der Waals surface area contributed by atoms with E-state index >= 15 is 0 Å². The Balaban J connectivity index is 1.89. The number of hydrogen-bond acceptors (Lipinski definition) is 5. The van der Waals surface area contributed by atoms with Gasteiger partial charge >= 0.3 is 6.18 Å². The number of carbonyl (C=O) groups is 2. The summed E-state index contributed by atoms with van der Waals surface area (Å²) in [6.45, 7) is -0.516. The maximum atomic E-state index is 12.7. The number of para-hydroxylation sites is 2. The lowest BCUT2D eigenvalue weighted by Gasteiger charge is -2.15. The molecule has 26 heavy (non-hydrogen) atoms. The van der Waals surface area contributed by atoms with Crippen molar-refractivity contribution < 1.29 is 27.9 Å². The number of anilines is 1. The Labute approximate surface area is 145 Å². The molecule has 0 fully saturated rings. The molecule has 1 aromatic heterocycles. The van der Waals surface area contributed by atoms with Crippen LogP contribution < -0.4 is 5.32 Å². The molecule has 136 valence electrons. The minimum absolute atomic E-state index is 0.0425. The summed E-state index contributed by atoms with van der Waals surface area (Å²) in [5.41, 5.74) is -0.529. The molecule has 0 saturated carbocycles. The van der Waals surface area contributed by atoms with Crippen molar-refractivity contribution in [3.8, 4) is 5.69 Å². The molecule has 2 amide bonds. The molecule has 0 atom stereocenters. The third kappa shape index (κ3) is 3.31. The number of halogens is 3. The molecule has 1 aromatic carbocycles. The summed E-state index contributed by atoms with van der Waals surface area (Å²) in [6.07, 6.45) is -2.36. The molecule has 0 aliphatic carbocycles. The summed E-state index contributed by atoms with van der Waals surface area (Å²) < 4.78 is 39.3. The molecule has 1 aliphatic heterocycles. The Morgan fingerprint density at radius 1 is 1.15 bits per heavy atom. The average Bonchev–Trinajstić information content (AvgIpc) is 3.17. The quantitative estimate of drug-likeness (QED) is 0.784. The number of carbonyl (C=O) groups excluding carboxylic acids is 2. The zero-order valence-corrected chi connectivity index (χ0v) is 13.2. The van der Waals surface area contributed by atoms with E-state index in [1.807, 2.05) is 0 Å². The van der Waals surface area contributed by atoms with Gasteiger partial charge < -0.3 is 10.4 Å². The Kier molecular flexibility index (Phi) is 4.51. The summed E-state index contributed by atoms with van der Waals surface area (Å²) in [5, 5.41) is 15.2. The number of β-amino-alcohol motifs (C(OH)–C–C–N with tert-alkyl or cyclic N) is 1. The van der Waals surface area contributed by atoms with Gasteiger partial charge in [0.15, 0.2) is 5.69 Å². The molecule has 0 radical (unpaired) electrons. The second-order valence-electron chi connectivity index (χ2n) is 5.36. The zero-order chi connectivity index (χ0) is 18.9. The minimum Gasteiger partial charge on any atom is -0.395 e. The number of hydrogen-bond donors (Lipinski definition) is 2. The van der Waals surface area contributed by atoms with E-state index in [1.165, 1.54) is 12.1 Å². The van der Waals surface area contributed by atoms with E-state index in [9.17, 15) is 22.8 Å². The second-order valence-corrected chi connectivity index (χ2v) is 5.36. The highest BCUT2D eigenvalue weighted by molar-refractivity contribution is 6.17. The van der Waals surface area contributed by atoms with Crippen LogP contribution in [0.4, 0.5) is 18.9 Å². The predicted molar refractivity (Wildman–Crippen MR) is 84.1 cm³/mol. The van der Waals surface area contributed by atoms with E-state index in [0.29, 0.717) is 5.69 Å². The number of nitrogens with one attached hydrogen (secondary N) is 1. The van der Waals surface area contributed by atoms with Gasteiger partial charge in [-0.15, -0.1) is 0 Å². The van der Waals surface area contributed by atoms with E-state index < -0.39 is 23.7 Å². The number of aliphatic hydroxyl groups is 1. The average molecular weight is 366 g/mol. The standard InChI is InChI=1S/C16H13F3N4O3/c17-16(18,19)13-5-6-23(21-13)12-4-2-1-3-10(12)20-11-9-14(25)22(7-8-24)15(11)26/h1-6,9,20,24H,7-8H2. The third-order valence-electron chi connectivity index (χ3n) is 3.63. The van der Waals surface area contributed by atoms with Gasteiger partial charge in [-0.05, 0) is 18.2 Å². The molecule has 0 spiro atoms. The van der Waals surface area contributed by atoms with Crippen LogP contribution >= 0.6 is 0 Å². The predicted octanol–water partition coefficient (Wildman–Crippen LogP) is 1.55. The summed E-state index contributed by atoms with van der Waals surface area (Å²) in [7, 11) is 0. The first-order valence-corrected chi connectivity index (χ1v) is 7.49. The third-order valence-corrected chi connectivity index (χ3v) is 3.63. The van der Waals surface area contributed by atoms with Crippen LogP contribution in [0.25, 0.3) is 5.69 Å². The lowest BCUT2D eigenvalue weighted by molar-refractivity contribution is -0.141. The lowest BCUT2D eigenvalue weighted by Crippen LogP contribution is -2.34. The Morgan fingerprint density at radius 3 is 2.54 bits per heavy atom. The maximum Gasteiger partial charge on any atom is 0.435 e. The van der Waals surface area contributed by atoms with Crippen LogP contribution in [0.1, 0.15) is 5.69 Å². The number of amides is 2. The SMILES string of the molecule is O=C1C=C(Nc2ccccc2-n2ccc(C(F)(F)F)n2)C(=O)N1CCO. The Morgan fingerprint density at radius 2 is 1.88 bits per heavy atom. The van der Waals surface area contributed by atoms with Crippen molar-refractivity contribution in [3.63, 3.8) is 0 Å². The topological polar surface area (TPSA) is 87.5 Å². The largest absolute Gasteiger partial charge is 0.435 e. The minimum atomic E-state index is -4.57. The van der Waals surface area contributed by atoms with Gasteiger partial charge in [0.1, 0.15) is 5.70 Å². The maximum absolute atomic E-state index is 12.7. The summed E-state index contributed by atoms with van der Waals surface area (Å²) >= 11 is 0. The lowest BCUT2D eigenvalue weighted by atomic mass is 10.2. The first kappa shape index (κ1) is 17.7. The van der Waals surface area contributed by atoms with Crippen molar-refractivity contribution in [1.29, 1.82) is 0 Å². The molecule has 2 N–H and O–H groups in total. The summed E-state index contributed by atoms with van der Waals surface area (Å²) in [6, 6.07) is 7.11. The van der Waals surface area contributed by atoms with Crippen LogP contribution in [0.5, 0.6) is 0 Å². The first-order chi connectivity index (χ1) is 12.3. The number of alkyl halides is 3. The highest BCUT2D eigenvalue weighted by Crippen LogP contribution is 2.29. The smallest absolute Gasteiger partial charge is 0.395 e. The monoisotopic (exact) mass is 366 g/mol. The molecule has 2 aromatic rings. The molecular formula is C16H13F3N4O3. The molecule has 10 heteroatoms. The number of aromatic nitrogens is 2. The first-order valence-electron chi connectivity index (χ1n) is 7.49. The van der Waals surface area contributed by atoms with Gasteiger partial charge in [0, 0.05) is 12.3 Å². The number of rotatable bonds is 5. The van der Waals surface area contributed by atoms with Crippen LogP contribution in [-0.2, 0) is 15.8 Å². The molecule has 1 aliphatic rings. The van der Waals surface area contributed by atoms with Crippen molar-refractivity contribution in [3.05, 3.63) is 54.0 Å². The summed E-state index contributed by atoms with van der Waals surface area (Å²) in [5.74, 6) is -1.21. The Hall–Kier alpha value is -3.14. The van der Waals surface area contributed by atoms with E-state index in [2.05, 4.69) is 10.4 Å². The van der Waals surface area contributed by atoms with Crippen molar-refractivity contribution in [2.75, 3.05) is 18.5 Å². The van der Waals surface area contributed by atoms with Gasteiger partial charge in [0.05, 0.1) is 24.5 Å². The summed E-state index contributed by atoms with van der Waals surface area (Å²) in [4.78, 5) is 24.8. The van der Waals surface area contributed by atoms with E-state index in [1.54, 1.807) is 12.1 Å². The fourth-order valence-corrected chi connectivity index (χ4v) is 2.44. The fourth-order valence-electron chi connectivity index (χ4n) is 2.44. The van der Waals surface area contributed by atoms with Gasteiger partial charge in [0.25, 0.3) is 11.8 Å². The van der Waals surface area contributed by atoms with Crippen molar-refractivity contribution in [1.82, 2.24) is 14.7 Å². The van der Waals surface area contributed by atoms with Crippen molar-refractivity contribution >= 4 is 17.5 Å². The van der Waals surface area contributed by atoms with E-state index in [0.717, 1.165) is 27.9 Å². The van der Waals surface area contributed by atoms with Crippen molar-refractivity contribution in [2.45, 2.75) is 6.18 Å². The van der Waals surface area contributed by atoms with Gasteiger partial charge in [-0.2, -0.15) is 18.3 Å². The number of benzene rings is 1. The molecular weight excluding hydrogens is 353 g/mol. The van der Waals surface area contributed by atoms with Gasteiger partial charge in [-0.3, -0.25) is 14.5 Å². The molecule has 0 bridgehead atoms. The second kappa shape index (κ2) is 6.64. The Bertz CT molecular complexity index is 889. The van der Waals surface area contributed by atoms with Gasteiger partial charge in [-0.25, -0.2) is 4.68 Å². The van der Waals surface area contributed by atoms with Crippen molar-refractivity contribution in [2.24, 2.45) is 0 Å². The number of imide groups is 1. The van der Waals surface area contributed by atoms with Gasteiger partial charge in [-0.1, -0.05) is 12.1 Å². The number of aliphatic hydroxyl groups excluding tert-OH is 1. The van der Waals surface area contributed by atoms with Crippen LogP contribution in [0.3, 0.4) is 0 Å². The van der Waals surface area contributed by atoms with Crippen LogP contribution in [0.2, 0.25) is 0 Å². The highest BCUT2D eigenvalue weighted by atomic mass is 19.4. The molecule has 0 saturated heterocycles. The molecule has 3 rings (SSSR count). The number of nitrogens with zero attached hydrogens (tertiary/aromatic N) is 3. The van der Waals surface area contributed by atoms with E-state index in [4.69, 9.17) is 5.11 Å². The van der Waals surface area contributed by atoms with Crippen LogP contribution in [-0.4, -0.2) is 44.8 Å². The molecule has 7 nitrogen and oxygen atoms in total. The normalized spacial score (nSPS) is 14.8. The molecule has 2 heterocycles. The zero-order valence-electron chi connectivity index (χ0n) is 13.2. The van der Waals surface area contributed by atoms with Crippen LogP contribution in [0, 0.1) is 0 Å².